The summed E-state index contributed by atoms with van der Waals surface area (Å²) in [6, 6.07) is 0.559. The van der Waals surface area contributed by atoms with E-state index in [1.165, 1.54) is 9.88 Å². The molecule has 0 aliphatic rings. The van der Waals surface area contributed by atoms with Crippen LogP contribution in [-0.2, 0) is 12.8 Å². The zero-order valence-corrected chi connectivity index (χ0v) is 15.5. The van der Waals surface area contributed by atoms with Crippen LogP contribution in [0.3, 0.4) is 0 Å². The van der Waals surface area contributed by atoms with Crippen LogP contribution in [0.5, 0.6) is 0 Å². The van der Waals surface area contributed by atoms with Crippen LogP contribution in [0.25, 0.3) is 0 Å². The fourth-order valence-corrected chi connectivity index (χ4v) is 2.70. The van der Waals surface area contributed by atoms with Crippen molar-refractivity contribution in [3.05, 3.63) is 16.1 Å². The van der Waals surface area contributed by atoms with Crippen LogP contribution in [-0.4, -0.2) is 55.1 Å². The zero-order chi connectivity index (χ0) is 16.4. The van der Waals surface area contributed by atoms with E-state index in [0.717, 1.165) is 45.0 Å². The van der Waals surface area contributed by atoms with Gasteiger partial charge in [0, 0.05) is 43.2 Å². The van der Waals surface area contributed by atoms with Gasteiger partial charge in [0.2, 0.25) is 0 Å². The van der Waals surface area contributed by atoms with Crippen molar-refractivity contribution in [2.75, 3.05) is 33.2 Å². The first-order chi connectivity index (χ1) is 10.6. The van der Waals surface area contributed by atoms with E-state index in [0.29, 0.717) is 6.04 Å². The number of nitrogens with zero attached hydrogens (tertiary/aromatic N) is 3. The lowest BCUT2D eigenvalue weighted by Gasteiger charge is -2.20. The summed E-state index contributed by atoms with van der Waals surface area (Å²) in [7, 11) is 2.13. The van der Waals surface area contributed by atoms with Crippen LogP contribution in [0.1, 0.15) is 37.6 Å². The molecule has 6 heteroatoms. The standard InChI is InChI=1S/C16H31N5S/c1-6-14-12-20-15(22-14)8-9-18-16(17-7-2)19-10-11-21(5)13(3)4/h12-13H,6-11H2,1-5H3,(H2,17,18,19). The molecule has 5 nitrogen and oxygen atoms in total. The number of hydrogen-bond donors (Lipinski definition) is 2. The van der Waals surface area contributed by atoms with Gasteiger partial charge < -0.3 is 15.5 Å². The first-order valence-corrected chi connectivity index (χ1v) is 9.04. The molecule has 0 fully saturated rings. The number of thiazole rings is 1. The largest absolute Gasteiger partial charge is 0.357 e. The second kappa shape index (κ2) is 10.6. The topological polar surface area (TPSA) is 52.6 Å². The molecule has 0 aromatic carbocycles. The first-order valence-electron chi connectivity index (χ1n) is 8.22. The van der Waals surface area contributed by atoms with E-state index < -0.39 is 0 Å². The normalized spacial score (nSPS) is 12.2. The zero-order valence-electron chi connectivity index (χ0n) is 14.6. The van der Waals surface area contributed by atoms with Crippen LogP contribution in [0.15, 0.2) is 11.2 Å². The summed E-state index contributed by atoms with van der Waals surface area (Å²) in [4.78, 5) is 12.7. The molecule has 0 saturated heterocycles. The van der Waals surface area contributed by atoms with Crippen LogP contribution in [0.4, 0.5) is 0 Å². The molecule has 1 heterocycles. The van der Waals surface area contributed by atoms with Gasteiger partial charge in [-0.15, -0.1) is 11.3 Å². The number of likely N-dealkylation sites (N-methyl/N-ethyl adjacent to an activating group) is 1. The van der Waals surface area contributed by atoms with Crippen LogP contribution >= 0.6 is 11.3 Å². The highest BCUT2D eigenvalue weighted by Gasteiger charge is 2.04. The molecule has 22 heavy (non-hydrogen) atoms. The quantitative estimate of drug-likeness (QED) is 0.539. The summed E-state index contributed by atoms with van der Waals surface area (Å²) in [5.74, 6) is 0.895. The molecule has 0 saturated carbocycles. The number of nitrogens with one attached hydrogen (secondary N) is 2. The van der Waals surface area contributed by atoms with Gasteiger partial charge in [0.15, 0.2) is 5.96 Å². The maximum atomic E-state index is 4.62. The molecule has 0 aliphatic carbocycles. The number of rotatable bonds is 9. The van der Waals surface area contributed by atoms with Gasteiger partial charge in [-0.2, -0.15) is 0 Å². The van der Waals surface area contributed by atoms with Crippen molar-refractivity contribution in [3.63, 3.8) is 0 Å². The Morgan fingerprint density at radius 3 is 2.73 bits per heavy atom. The van der Waals surface area contributed by atoms with Crippen molar-refractivity contribution >= 4 is 17.3 Å². The molecule has 0 bridgehead atoms. The maximum absolute atomic E-state index is 4.62. The van der Waals surface area contributed by atoms with Crippen molar-refractivity contribution in [1.29, 1.82) is 0 Å². The Morgan fingerprint density at radius 1 is 1.36 bits per heavy atom. The van der Waals surface area contributed by atoms with E-state index in [-0.39, 0.29) is 0 Å². The van der Waals surface area contributed by atoms with Gasteiger partial charge in [0.25, 0.3) is 0 Å². The Morgan fingerprint density at radius 2 is 2.14 bits per heavy atom. The molecule has 0 aliphatic heterocycles. The van der Waals surface area contributed by atoms with Crippen molar-refractivity contribution in [2.24, 2.45) is 4.99 Å². The molecule has 0 atom stereocenters. The number of aromatic nitrogens is 1. The van der Waals surface area contributed by atoms with Crippen LogP contribution in [0, 0.1) is 0 Å². The van der Waals surface area contributed by atoms with Gasteiger partial charge in [-0.1, -0.05) is 6.92 Å². The summed E-state index contributed by atoms with van der Waals surface area (Å²) in [5.41, 5.74) is 0. The molecule has 0 radical (unpaired) electrons. The summed E-state index contributed by atoms with van der Waals surface area (Å²) < 4.78 is 0. The summed E-state index contributed by atoms with van der Waals surface area (Å²) in [5, 5.41) is 7.87. The maximum Gasteiger partial charge on any atom is 0.191 e. The summed E-state index contributed by atoms with van der Waals surface area (Å²) in [6.07, 6.45) is 4.00. The Labute approximate surface area is 139 Å². The third-order valence-electron chi connectivity index (χ3n) is 3.53. The van der Waals surface area contributed by atoms with Gasteiger partial charge in [0.05, 0.1) is 11.6 Å². The Balaban J connectivity index is 2.36. The fourth-order valence-electron chi connectivity index (χ4n) is 1.83. The monoisotopic (exact) mass is 325 g/mol. The van der Waals surface area contributed by atoms with E-state index in [4.69, 9.17) is 0 Å². The smallest absolute Gasteiger partial charge is 0.191 e. The number of aryl methyl sites for hydroxylation is 1. The minimum Gasteiger partial charge on any atom is -0.357 e. The highest BCUT2D eigenvalue weighted by Crippen LogP contribution is 2.13. The van der Waals surface area contributed by atoms with Crippen LogP contribution in [0.2, 0.25) is 0 Å². The predicted octanol–water partition coefficient (Wildman–Crippen LogP) is 2.14. The highest BCUT2D eigenvalue weighted by atomic mass is 32.1. The number of hydrogen-bond acceptors (Lipinski definition) is 4. The SMILES string of the molecule is CCNC(=NCCN(C)C(C)C)NCCc1ncc(CC)s1. The first kappa shape index (κ1) is 18.9. The second-order valence-electron chi connectivity index (χ2n) is 5.59. The lowest BCUT2D eigenvalue weighted by atomic mass is 10.3. The summed E-state index contributed by atoms with van der Waals surface area (Å²) in [6.45, 7) is 12.2. The molecule has 1 aromatic rings. The number of guanidine groups is 1. The predicted molar refractivity (Wildman–Crippen MR) is 96.9 cm³/mol. The van der Waals surface area contributed by atoms with Crippen molar-refractivity contribution < 1.29 is 0 Å². The summed E-state index contributed by atoms with van der Waals surface area (Å²) >= 11 is 1.80. The van der Waals surface area contributed by atoms with E-state index in [9.17, 15) is 0 Å². The number of aliphatic imine (C=N–C) groups is 1. The van der Waals surface area contributed by atoms with E-state index in [1.807, 2.05) is 6.20 Å². The molecule has 126 valence electrons. The molecule has 1 rings (SSSR count). The van der Waals surface area contributed by atoms with E-state index in [2.05, 4.69) is 60.3 Å². The van der Waals surface area contributed by atoms with E-state index in [1.54, 1.807) is 11.3 Å². The van der Waals surface area contributed by atoms with Gasteiger partial charge in [0.1, 0.15) is 0 Å². The molecule has 0 amide bonds. The van der Waals surface area contributed by atoms with Gasteiger partial charge in [-0.05, 0) is 34.2 Å². The van der Waals surface area contributed by atoms with E-state index >= 15 is 0 Å². The Kier molecular flexibility index (Phi) is 9.08. The van der Waals surface area contributed by atoms with Crippen molar-refractivity contribution in [1.82, 2.24) is 20.5 Å². The van der Waals surface area contributed by atoms with Crippen LogP contribution < -0.4 is 10.6 Å². The van der Waals surface area contributed by atoms with Gasteiger partial charge >= 0.3 is 0 Å². The molecular weight excluding hydrogens is 294 g/mol. The molecule has 1 aromatic heterocycles. The third-order valence-corrected chi connectivity index (χ3v) is 4.73. The second-order valence-corrected chi connectivity index (χ2v) is 6.79. The average molecular weight is 326 g/mol. The van der Waals surface area contributed by atoms with Crippen molar-refractivity contribution in [2.45, 2.75) is 46.6 Å². The highest BCUT2D eigenvalue weighted by molar-refractivity contribution is 7.11. The molecule has 0 spiro atoms. The van der Waals surface area contributed by atoms with Gasteiger partial charge in [-0.25, -0.2) is 4.98 Å². The lowest BCUT2D eigenvalue weighted by Crippen LogP contribution is -2.39. The Bertz CT molecular complexity index is 441. The van der Waals surface area contributed by atoms with Crippen molar-refractivity contribution in [3.8, 4) is 0 Å². The molecule has 0 unspecified atom stereocenters. The lowest BCUT2D eigenvalue weighted by molar-refractivity contribution is 0.282. The minimum atomic E-state index is 0.559. The third kappa shape index (κ3) is 7.22. The fraction of sp³-hybridized carbons (Fsp3) is 0.750. The van der Waals surface area contributed by atoms with Gasteiger partial charge in [-0.3, -0.25) is 4.99 Å². The average Bonchev–Trinajstić information content (AvgIpc) is 2.95. The Hall–Kier alpha value is -1.14. The molecule has 2 N–H and O–H groups in total. The molecular formula is C16H31N5S. The minimum absolute atomic E-state index is 0.559.